The first-order chi connectivity index (χ1) is 10.6. The van der Waals surface area contributed by atoms with Gasteiger partial charge in [-0.15, -0.1) is 0 Å². The van der Waals surface area contributed by atoms with Crippen molar-refractivity contribution in [1.29, 1.82) is 0 Å². The molecule has 1 heterocycles. The summed E-state index contributed by atoms with van der Waals surface area (Å²) < 4.78 is 1.09. The molecule has 22 heavy (non-hydrogen) atoms. The SMILES string of the molecule is O=C1CC(NCC2CCCCC2)C(=O)N1c1ccc(I)cc1. The standard InChI is InChI=1S/C17H21IN2O2/c18-13-6-8-14(9-7-13)20-16(21)10-15(17(20)22)19-11-12-4-2-1-3-5-12/h6-9,12,15,19H,1-5,10-11H2. The number of carbonyl (C=O) groups excluding carboxylic acids is 2. The molecule has 3 rings (SSSR count). The number of rotatable bonds is 4. The van der Waals surface area contributed by atoms with Crippen LogP contribution in [0.1, 0.15) is 38.5 Å². The number of imide groups is 1. The normalized spacial score (nSPS) is 23.3. The van der Waals surface area contributed by atoms with Crippen LogP contribution in [0.4, 0.5) is 5.69 Å². The molecule has 1 atom stereocenters. The number of hydrogen-bond donors (Lipinski definition) is 1. The highest BCUT2D eigenvalue weighted by Crippen LogP contribution is 2.26. The van der Waals surface area contributed by atoms with E-state index in [-0.39, 0.29) is 24.3 Å². The van der Waals surface area contributed by atoms with Crippen LogP contribution >= 0.6 is 22.6 Å². The Hall–Kier alpha value is -0.950. The molecule has 2 aliphatic rings. The van der Waals surface area contributed by atoms with Crippen LogP contribution < -0.4 is 10.2 Å². The molecule has 1 N–H and O–H groups in total. The summed E-state index contributed by atoms with van der Waals surface area (Å²) in [6.45, 7) is 0.851. The lowest BCUT2D eigenvalue weighted by molar-refractivity contribution is -0.121. The Kier molecular flexibility index (Phi) is 5.13. The van der Waals surface area contributed by atoms with E-state index in [0.29, 0.717) is 11.6 Å². The molecule has 0 bridgehead atoms. The molecule has 1 saturated carbocycles. The maximum absolute atomic E-state index is 12.5. The molecular formula is C17H21IN2O2. The third-order valence-corrected chi connectivity index (χ3v) is 5.33. The van der Waals surface area contributed by atoms with Crippen LogP contribution in [0.3, 0.4) is 0 Å². The number of nitrogens with zero attached hydrogens (tertiary/aromatic N) is 1. The Morgan fingerprint density at radius 1 is 1.09 bits per heavy atom. The minimum absolute atomic E-state index is 0.104. The zero-order chi connectivity index (χ0) is 15.5. The Morgan fingerprint density at radius 3 is 2.45 bits per heavy atom. The van der Waals surface area contributed by atoms with Crippen molar-refractivity contribution in [3.63, 3.8) is 0 Å². The molecule has 0 radical (unpaired) electrons. The minimum atomic E-state index is -0.353. The Balaban J connectivity index is 1.62. The van der Waals surface area contributed by atoms with Gasteiger partial charge in [0.25, 0.3) is 5.91 Å². The van der Waals surface area contributed by atoms with Crippen LogP contribution in [-0.4, -0.2) is 24.4 Å². The van der Waals surface area contributed by atoms with Gasteiger partial charge in [0.1, 0.15) is 0 Å². The Morgan fingerprint density at radius 2 is 1.77 bits per heavy atom. The zero-order valence-corrected chi connectivity index (χ0v) is 14.7. The summed E-state index contributed by atoms with van der Waals surface area (Å²) in [5.74, 6) is 0.443. The summed E-state index contributed by atoms with van der Waals surface area (Å²) in [6, 6.07) is 7.15. The smallest absolute Gasteiger partial charge is 0.251 e. The lowest BCUT2D eigenvalue weighted by Gasteiger charge is -2.23. The van der Waals surface area contributed by atoms with Crippen molar-refractivity contribution in [3.8, 4) is 0 Å². The number of halogens is 1. The fraction of sp³-hybridized carbons (Fsp3) is 0.529. The maximum Gasteiger partial charge on any atom is 0.251 e. The van der Waals surface area contributed by atoms with Crippen LogP contribution in [0.2, 0.25) is 0 Å². The molecular weight excluding hydrogens is 391 g/mol. The van der Waals surface area contributed by atoms with Gasteiger partial charge < -0.3 is 5.32 Å². The number of nitrogens with one attached hydrogen (secondary N) is 1. The molecule has 1 aliphatic carbocycles. The summed E-state index contributed by atoms with van der Waals surface area (Å²) in [5.41, 5.74) is 0.678. The van der Waals surface area contributed by atoms with Crippen molar-refractivity contribution in [3.05, 3.63) is 27.8 Å². The summed E-state index contributed by atoms with van der Waals surface area (Å²) >= 11 is 2.21. The average Bonchev–Trinajstić information content (AvgIpc) is 2.82. The van der Waals surface area contributed by atoms with Crippen LogP contribution in [0.5, 0.6) is 0 Å². The topological polar surface area (TPSA) is 49.4 Å². The van der Waals surface area contributed by atoms with E-state index in [1.54, 1.807) is 0 Å². The molecule has 1 aromatic rings. The Labute approximate surface area is 144 Å². The molecule has 5 heteroatoms. The van der Waals surface area contributed by atoms with Crippen molar-refractivity contribution >= 4 is 40.1 Å². The van der Waals surface area contributed by atoms with Gasteiger partial charge >= 0.3 is 0 Å². The number of hydrogen-bond acceptors (Lipinski definition) is 3. The van der Waals surface area contributed by atoms with E-state index in [9.17, 15) is 9.59 Å². The van der Waals surface area contributed by atoms with Gasteiger partial charge in [0.05, 0.1) is 18.2 Å². The van der Waals surface area contributed by atoms with E-state index in [0.717, 1.165) is 10.1 Å². The van der Waals surface area contributed by atoms with E-state index < -0.39 is 0 Å². The molecule has 0 spiro atoms. The quantitative estimate of drug-likeness (QED) is 0.611. The van der Waals surface area contributed by atoms with Gasteiger partial charge in [-0.3, -0.25) is 9.59 Å². The highest BCUT2D eigenvalue weighted by Gasteiger charge is 2.39. The summed E-state index contributed by atoms with van der Waals surface area (Å²) in [7, 11) is 0. The summed E-state index contributed by atoms with van der Waals surface area (Å²) in [5, 5.41) is 3.33. The van der Waals surface area contributed by atoms with Crippen molar-refractivity contribution in [2.75, 3.05) is 11.4 Å². The number of amides is 2. The first-order valence-corrected chi connectivity index (χ1v) is 9.09. The fourth-order valence-corrected chi connectivity index (χ4v) is 3.71. The van der Waals surface area contributed by atoms with Crippen LogP contribution in [0.15, 0.2) is 24.3 Å². The largest absolute Gasteiger partial charge is 0.305 e. The van der Waals surface area contributed by atoms with Gasteiger partial charge in [0, 0.05) is 3.57 Å². The van der Waals surface area contributed by atoms with E-state index in [1.807, 2.05) is 24.3 Å². The van der Waals surface area contributed by atoms with Crippen molar-refractivity contribution < 1.29 is 9.59 Å². The maximum atomic E-state index is 12.5. The van der Waals surface area contributed by atoms with Crippen LogP contribution in [0, 0.1) is 9.49 Å². The lowest BCUT2D eigenvalue weighted by Crippen LogP contribution is -2.41. The van der Waals surface area contributed by atoms with Gasteiger partial charge in [-0.25, -0.2) is 4.90 Å². The fourth-order valence-electron chi connectivity index (χ4n) is 3.35. The third-order valence-electron chi connectivity index (χ3n) is 4.61. The second-order valence-corrected chi connectivity index (χ2v) is 7.46. The van der Waals surface area contributed by atoms with E-state index in [2.05, 4.69) is 27.9 Å². The van der Waals surface area contributed by atoms with Crippen LogP contribution in [0.25, 0.3) is 0 Å². The van der Waals surface area contributed by atoms with Crippen molar-refractivity contribution in [2.45, 2.75) is 44.6 Å². The molecule has 2 fully saturated rings. The highest BCUT2D eigenvalue weighted by molar-refractivity contribution is 14.1. The predicted octanol–water partition coefficient (Wildman–Crippen LogP) is 3.09. The average molecular weight is 412 g/mol. The van der Waals surface area contributed by atoms with Crippen LogP contribution in [-0.2, 0) is 9.59 Å². The molecule has 1 saturated heterocycles. The first kappa shape index (κ1) is 15.9. The second kappa shape index (κ2) is 7.08. The Bertz CT molecular complexity index is 552. The molecule has 1 unspecified atom stereocenters. The van der Waals surface area contributed by atoms with E-state index in [1.165, 1.54) is 37.0 Å². The van der Waals surface area contributed by atoms with Gasteiger partial charge in [-0.1, -0.05) is 19.3 Å². The summed E-state index contributed by atoms with van der Waals surface area (Å²) in [6.07, 6.45) is 6.66. The highest BCUT2D eigenvalue weighted by atomic mass is 127. The third kappa shape index (κ3) is 3.51. The second-order valence-electron chi connectivity index (χ2n) is 6.21. The molecule has 4 nitrogen and oxygen atoms in total. The predicted molar refractivity (Wildman–Crippen MR) is 94.6 cm³/mol. The van der Waals surface area contributed by atoms with E-state index in [4.69, 9.17) is 0 Å². The number of anilines is 1. The number of carbonyl (C=O) groups is 2. The summed E-state index contributed by atoms with van der Waals surface area (Å²) in [4.78, 5) is 26.0. The van der Waals surface area contributed by atoms with Crippen molar-refractivity contribution in [1.82, 2.24) is 5.32 Å². The lowest BCUT2D eigenvalue weighted by atomic mass is 9.89. The van der Waals surface area contributed by atoms with E-state index >= 15 is 0 Å². The van der Waals surface area contributed by atoms with Gasteiger partial charge in [0.2, 0.25) is 5.91 Å². The minimum Gasteiger partial charge on any atom is -0.305 e. The van der Waals surface area contributed by atoms with Gasteiger partial charge in [-0.2, -0.15) is 0 Å². The zero-order valence-electron chi connectivity index (χ0n) is 12.6. The molecule has 0 aromatic heterocycles. The van der Waals surface area contributed by atoms with Gasteiger partial charge in [0.15, 0.2) is 0 Å². The monoisotopic (exact) mass is 412 g/mol. The van der Waals surface area contributed by atoms with Gasteiger partial charge in [-0.05, 0) is 72.2 Å². The molecule has 1 aliphatic heterocycles. The number of benzene rings is 1. The molecule has 118 valence electrons. The molecule has 1 aromatic carbocycles. The van der Waals surface area contributed by atoms with Crippen molar-refractivity contribution in [2.24, 2.45) is 5.92 Å². The molecule has 2 amide bonds. The first-order valence-electron chi connectivity index (χ1n) is 8.01.